The number of ether oxygens (including phenoxy) is 1. The Morgan fingerprint density at radius 1 is 1.53 bits per heavy atom. The van der Waals surface area contributed by atoms with Crippen molar-refractivity contribution in [2.24, 2.45) is 0 Å². The van der Waals surface area contributed by atoms with E-state index < -0.39 is 0 Å². The summed E-state index contributed by atoms with van der Waals surface area (Å²) in [4.78, 5) is 0. The molecule has 1 fully saturated rings. The third-order valence-corrected chi connectivity index (χ3v) is 3.14. The molecule has 1 N–H and O–H groups in total. The smallest absolute Gasteiger partial charge is 0.146 e. The molecule has 1 saturated heterocycles. The monoisotopic (exact) mass is 273 g/mol. The largest absolute Gasteiger partial charge is 0.377 e. The van der Waals surface area contributed by atoms with Gasteiger partial charge in [-0.15, -0.1) is 0 Å². The Morgan fingerprint density at radius 2 is 2.33 bits per heavy atom. The Morgan fingerprint density at radius 3 is 3.00 bits per heavy atom. The van der Waals surface area contributed by atoms with Crippen molar-refractivity contribution < 1.29 is 9.13 Å². The van der Waals surface area contributed by atoms with Gasteiger partial charge in [-0.2, -0.15) is 0 Å². The number of hydrogen-bond donors (Lipinski definition) is 1. The van der Waals surface area contributed by atoms with Gasteiger partial charge in [0.05, 0.1) is 17.8 Å². The molecule has 2 rings (SSSR count). The zero-order chi connectivity index (χ0) is 10.8. The van der Waals surface area contributed by atoms with Crippen molar-refractivity contribution in [2.75, 3.05) is 11.9 Å². The van der Waals surface area contributed by atoms with E-state index in [1.165, 1.54) is 6.07 Å². The summed E-state index contributed by atoms with van der Waals surface area (Å²) in [6.07, 6.45) is 1.07. The Bertz CT molecular complexity index is 358. The quantitative estimate of drug-likeness (QED) is 0.894. The Kier molecular flexibility index (Phi) is 3.26. The van der Waals surface area contributed by atoms with Gasteiger partial charge in [-0.1, -0.05) is 15.9 Å². The van der Waals surface area contributed by atoms with E-state index in [0.717, 1.165) is 17.5 Å². The van der Waals surface area contributed by atoms with Gasteiger partial charge in [-0.3, -0.25) is 0 Å². The van der Waals surface area contributed by atoms with Crippen LogP contribution in [0.25, 0.3) is 0 Å². The molecule has 0 spiro atoms. The maximum Gasteiger partial charge on any atom is 0.146 e. The number of rotatable bonds is 2. The van der Waals surface area contributed by atoms with Crippen LogP contribution in [0.5, 0.6) is 0 Å². The van der Waals surface area contributed by atoms with E-state index in [-0.39, 0.29) is 18.0 Å². The molecule has 2 unspecified atom stereocenters. The number of nitrogens with one attached hydrogen (secondary N) is 1. The van der Waals surface area contributed by atoms with E-state index >= 15 is 0 Å². The summed E-state index contributed by atoms with van der Waals surface area (Å²) < 4.78 is 19.7. The molecule has 2 nitrogen and oxygen atoms in total. The first-order chi connectivity index (χ1) is 7.16. The Hall–Kier alpha value is -0.610. The van der Waals surface area contributed by atoms with Gasteiger partial charge in [-0.05, 0) is 31.5 Å². The molecule has 0 saturated carbocycles. The molecule has 15 heavy (non-hydrogen) atoms. The minimum Gasteiger partial charge on any atom is -0.377 e. The van der Waals surface area contributed by atoms with E-state index in [1.807, 2.05) is 6.92 Å². The third kappa shape index (κ3) is 2.49. The van der Waals surface area contributed by atoms with Crippen molar-refractivity contribution in [3.05, 3.63) is 28.5 Å². The lowest BCUT2D eigenvalue weighted by Crippen LogP contribution is -2.27. The van der Waals surface area contributed by atoms with E-state index in [0.29, 0.717) is 5.69 Å². The number of hydrogen-bond acceptors (Lipinski definition) is 2. The van der Waals surface area contributed by atoms with Crippen LogP contribution in [-0.4, -0.2) is 18.8 Å². The second kappa shape index (κ2) is 4.49. The van der Waals surface area contributed by atoms with Crippen LogP contribution in [0.3, 0.4) is 0 Å². The molecular formula is C11H13BrFNO. The van der Waals surface area contributed by atoms with Gasteiger partial charge in [0.2, 0.25) is 0 Å². The molecule has 0 radical (unpaired) electrons. The molecule has 2 atom stereocenters. The summed E-state index contributed by atoms with van der Waals surface area (Å²) in [5.41, 5.74) is 0.534. The van der Waals surface area contributed by atoms with Crippen LogP contribution in [0.15, 0.2) is 22.7 Å². The van der Waals surface area contributed by atoms with Crippen molar-refractivity contribution in [3.63, 3.8) is 0 Å². The lowest BCUT2D eigenvalue weighted by Gasteiger charge is -2.17. The molecule has 4 heteroatoms. The minimum atomic E-state index is -0.225. The van der Waals surface area contributed by atoms with Gasteiger partial charge in [0.1, 0.15) is 5.82 Å². The van der Waals surface area contributed by atoms with Gasteiger partial charge in [0.15, 0.2) is 0 Å². The number of halogens is 2. The predicted octanol–water partition coefficient (Wildman–Crippen LogP) is 3.18. The molecule has 1 heterocycles. The summed E-state index contributed by atoms with van der Waals surface area (Å²) in [6, 6.07) is 5.09. The molecule has 1 aliphatic heterocycles. The van der Waals surface area contributed by atoms with Crippen molar-refractivity contribution in [3.8, 4) is 0 Å². The van der Waals surface area contributed by atoms with Gasteiger partial charge in [0.25, 0.3) is 0 Å². The molecule has 0 aromatic heterocycles. The maximum absolute atomic E-state index is 13.4. The molecule has 1 aliphatic rings. The summed E-state index contributed by atoms with van der Waals surface area (Å²) in [5.74, 6) is -0.225. The highest BCUT2D eigenvalue weighted by Crippen LogP contribution is 2.24. The van der Waals surface area contributed by atoms with Crippen LogP contribution in [0.1, 0.15) is 13.3 Å². The first-order valence-corrected chi connectivity index (χ1v) is 5.79. The second-order valence-electron chi connectivity index (χ2n) is 3.74. The Balaban J connectivity index is 2.12. The molecule has 82 valence electrons. The van der Waals surface area contributed by atoms with E-state index in [1.54, 1.807) is 12.1 Å². The molecule has 0 aliphatic carbocycles. The number of anilines is 1. The van der Waals surface area contributed by atoms with E-state index in [4.69, 9.17) is 4.74 Å². The van der Waals surface area contributed by atoms with Crippen molar-refractivity contribution >= 4 is 21.6 Å². The zero-order valence-corrected chi connectivity index (χ0v) is 10.1. The highest BCUT2D eigenvalue weighted by atomic mass is 79.9. The lowest BCUT2D eigenvalue weighted by atomic mass is 10.1. The second-order valence-corrected chi connectivity index (χ2v) is 4.66. The minimum absolute atomic E-state index is 0.142. The van der Waals surface area contributed by atoms with Gasteiger partial charge >= 0.3 is 0 Å². The molecule has 0 bridgehead atoms. The average molecular weight is 274 g/mol. The summed E-state index contributed by atoms with van der Waals surface area (Å²) in [5, 5.41) is 3.17. The van der Waals surface area contributed by atoms with E-state index in [2.05, 4.69) is 21.2 Å². The fourth-order valence-electron chi connectivity index (χ4n) is 1.73. The lowest BCUT2D eigenvalue weighted by molar-refractivity contribution is 0.121. The van der Waals surface area contributed by atoms with Crippen LogP contribution >= 0.6 is 15.9 Å². The molecular weight excluding hydrogens is 261 g/mol. The van der Waals surface area contributed by atoms with Crippen LogP contribution in [0.4, 0.5) is 10.1 Å². The zero-order valence-electron chi connectivity index (χ0n) is 8.47. The topological polar surface area (TPSA) is 21.3 Å². The first kappa shape index (κ1) is 10.9. The SMILES string of the molecule is CC1OCCC1Nc1cc(Br)ccc1F. The Labute approximate surface area is 96.9 Å². The highest BCUT2D eigenvalue weighted by Gasteiger charge is 2.24. The average Bonchev–Trinajstić information content (AvgIpc) is 2.58. The van der Waals surface area contributed by atoms with Crippen molar-refractivity contribution in [1.82, 2.24) is 0 Å². The van der Waals surface area contributed by atoms with E-state index in [9.17, 15) is 4.39 Å². The standard InChI is InChI=1S/C11H13BrFNO/c1-7-10(4-5-15-7)14-11-6-8(12)2-3-9(11)13/h2-3,6-7,10,14H,4-5H2,1H3. The highest BCUT2D eigenvalue weighted by molar-refractivity contribution is 9.10. The first-order valence-electron chi connectivity index (χ1n) is 5.00. The predicted molar refractivity (Wildman–Crippen MR) is 61.5 cm³/mol. The van der Waals surface area contributed by atoms with Gasteiger partial charge < -0.3 is 10.1 Å². The van der Waals surface area contributed by atoms with Crippen LogP contribution in [-0.2, 0) is 4.74 Å². The molecule has 1 aromatic rings. The van der Waals surface area contributed by atoms with Gasteiger partial charge in [-0.25, -0.2) is 4.39 Å². The summed E-state index contributed by atoms with van der Waals surface area (Å²) >= 11 is 3.32. The summed E-state index contributed by atoms with van der Waals surface area (Å²) in [7, 11) is 0. The maximum atomic E-state index is 13.4. The number of benzene rings is 1. The van der Waals surface area contributed by atoms with Crippen LogP contribution in [0.2, 0.25) is 0 Å². The van der Waals surface area contributed by atoms with Crippen molar-refractivity contribution in [1.29, 1.82) is 0 Å². The summed E-state index contributed by atoms with van der Waals surface area (Å²) in [6.45, 7) is 2.75. The fraction of sp³-hybridized carbons (Fsp3) is 0.455. The molecule has 1 aromatic carbocycles. The fourth-order valence-corrected chi connectivity index (χ4v) is 2.09. The van der Waals surface area contributed by atoms with Crippen LogP contribution < -0.4 is 5.32 Å². The molecule has 0 amide bonds. The van der Waals surface area contributed by atoms with Gasteiger partial charge in [0, 0.05) is 11.1 Å². The third-order valence-electron chi connectivity index (χ3n) is 2.65. The van der Waals surface area contributed by atoms with Crippen molar-refractivity contribution in [2.45, 2.75) is 25.5 Å². The normalized spacial score (nSPS) is 25.5. The van der Waals surface area contributed by atoms with Crippen LogP contribution in [0, 0.1) is 5.82 Å².